The molecule has 1 aromatic heterocycles. The number of halogens is 2. The van der Waals surface area contributed by atoms with Crippen LogP contribution in [0.4, 0.5) is 11.4 Å². The van der Waals surface area contributed by atoms with Gasteiger partial charge in [-0.05, 0) is 24.3 Å². The van der Waals surface area contributed by atoms with Crippen molar-refractivity contribution in [2.24, 2.45) is 5.73 Å². The van der Waals surface area contributed by atoms with Gasteiger partial charge in [0.25, 0.3) is 5.91 Å². The second-order valence-corrected chi connectivity index (χ2v) is 6.14. The van der Waals surface area contributed by atoms with Crippen LogP contribution >= 0.6 is 23.2 Å². The number of hydrogen-bond acceptors (Lipinski definition) is 4. The molecule has 0 unspecified atom stereocenters. The molecule has 0 saturated carbocycles. The predicted octanol–water partition coefficient (Wildman–Crippen LogP) is 4.16. The summed E-state index contributed by atoms with van der Waals surface area (Å²) in [6.07, 6.45) is 1.68. The van der Waals surface area contributed by atoms with Crippen LogP contribution in [-0.4, -0.2) is 24.0 Å². The first-order valence-corrected chi connectivity index (χ1v) is 8.44. The zero-order chi connectivity index (χ0) is 17.8. The van der Waals surface area contributed by atoms with E-state index in [4.69, 9.17) is 28.9 Å². The molecule has 25 heavy (non-hydrogen) atoms. The molecular weight excluding hydrogens is 359 g/mol. The molecule has 0 fully saturated rings. The van der Waals surface area contributed by atoms with Crippen LogP contribution in [0.5, 0.6) is 0 Å². The Kier molecular flexibility index (Phi) is 5.38. The summed E-state index contributed by atoms with van der Waals surface area (Å²) in [4.78, 5) is 17.0. The van der Waals surface area contributed by atoms with Gasteiger partial charge in [-0.1, -0.05) is 41.4 Å². The lowest BCUT2D eigenvalue weighted by atomic mass is 10.1. The van der Waals surface area contributed by atoms with Gasteiger partial charge in [-0.2, -0.15) is 0 Å². The first-order valence-electron chi connectivity index (χ1n) is 7.69. The van der Waals surface area contributed by atoms with E-state index in [1.165, 1.54) is 0 Å². The fourth-order valence-corrected chi connectivity index (χ4v) is 3.11. The van der Waals surface area contributed by atoms with E-state index in [0.717, 1.165) is 11.1 Å². The van der Waals surface area contributed by atoms with Crippen LogP contribution in [0.3, 0.4) is 0 Å². The molecule has 1 heterocycles. The first-order chi connectivity index (χ1) is 12.1. The number of rotatable bonds is 5. The Morgan fingerprint density at radius 2 is 1.76 bits per heavy atom. The summed E-state index contributed by atoms with van der Waals surface area (Å²) in [6, 6.07) is 12.4. The maximum absolute atomic E-state index is 12.6. The van der Waals surface area contributed by atoms with Gasteiger partial charge in [0.15, 0.2) is 0 Å². The van der Waals surface area contributed by atoms with Crippen molar-refractivity contribution in [3.05, 3.63) is 64.3 Å². The standard InChI is InChI=1S/C18H16Cl2N4O/c19-12-4-2-5-13(20)16(12)18(25)24-15-6-1-3-11-14(22-10-8-21)7-9-23-17(11)15/h1-7,9H,8,10,21H2,(H,22,23)(H,24,25). The van der Waals surface area contributed by atoms with E-state index in [9.17, 15) is 4.79 Å². The largest absolute Gasteiger partial charge is 0.383 e. The number of pyridine rings is 1. The zero-order valence-corrected chi connectivity index (χ0v) is 14.7. The number of carbonyl (C=O) groups excluding carboxylic acids is 1. The highest BCUT2D eigenvalue weighted by Gasteiger charge is 2.16. The Bertz CT molecular complexity index is 910. The number of para-hydroxylation sites is 1. The Morgan fingerprint density at radius 3 is 2.48 bits per heavy atom. The van der Waals surface area contributed by atoms with Crippen molar-refractivity contribution in [1.29, 1.82) is 0 Å². The number of carbonyl (C=O) groups is 1. The van der Waals surface area contributed by atoms with Gasteiger partial charge in [-0.3, -0.25) is 9.78 Å². The minimum Gasteiger partial charge on any atom is -0.383 e. The normalized spacial score (nSPS) is 10.7. The van der Waals surface area contributed by atoms with Gasteiger partial charge >= 0.3 is 0 Å². The van der Waals surface area contributed by atoms with E-state index in [1.54, 1.807) is 30.5 Å². The third kappa shape index (κ3) is 3.69. The monoisotopic (exact) mass is 374 g/mol. The lowest BCUT2D eigenvalue weighted by Crippen LogP contribution is -2.14. The Labute approximate surface area is 155 Å². The topological polar surface area (TPSA) is 80.0 Å². The maximum Gasteiger partial charge on any atom is 0.258 e. The number of nitrogens with two attached hydrogens (primary N) is 1. The molecule has 0 radical (unpaired) electrons. The zero-order valence-electron chi connectivity index (χ0n) is 13.2. The van der Waals surface area contributed by atoms with E-state index < -0.39 is 0 Å². The highest BCUT2D eigenvalue weighted by molar-refractivity contribution is 6.40. The lowest BCUT2D eigenvalue weighted by molar-refractivity contribution is 0.102. The molecule has 0 atom stereocenters. The van der Waals surface area contributed by atoms with Crippen LogP contribution in [0, 0.1) is 0 Å². The van der Waals surface area contributed by atoms with Crippen LogP contribution in [0.1, 0.15) is 10.4 Å². The number of nitrogens with one attached hydrogen (secondary N) is 2. The van der Waals surface area contributed by atoms with Crippen molar-refractivity contribution in [3.8, 4) is 0 Å². The van der Waals surface area contributed by atoms with Gasteiger partial charge in [0.1, 0.15) is 0 Å². The smallest absolute Gasteiger partial charge is 0.258 e. The van der Waals surface area contributed by atoms with Crippen LogP contribution in [0.25, 0.3) is 10.9 Å². The van der Waals surface area contributed by atoms with Gasteiger partial charge in [-0.25, -0.2) is 0 Å². The van der Waals surface area contributed by atoms with Crippen molar-refractivity contribution in [3.63, 3.8) is 0 Å². The highest BCUT2D eigenvalue weighted by Crippen LogP contribution is 2.29. The van der Waals surface area contributed by atoms with Crippen molar-refractivity contribution >= 4 is 51.4 Å². The molecule has 3 rings (SSSR count). The third-order valence-corrected chi connectivity index (χ3v) is 4.30. The molecule has 0 aliphatic carbocycles. The Balaban J connectivity index is 1.98. The second-order valence-electron chi connectivity index (χ2n) is 5.33. The molecule has 2 aromatic carbocycles. The van der Waals surface area contributed by atoms with Crippen molar-refractivity contribution in [2.45, 2.75) is 0 Å². The van der Waals surface area contributed by atoms with E-state index in [1.807, 2.05) is 18.2 Å². The molecule has 0 bridgehead atoms. The quantitative estimate of drug-likeness (QED) is 0.626. The van der Waals surface area contributed by atoms with E-state index in [2.05, 4.69) is 15.6 Å². The molecule has 0 spiro atoms. The maximum atomic E-state index is 12.6. The van der Waals surface area contributed by atoms with E-state index in [-0.39, 0.29) is 11.5 Å². The molecular formula is C18H16Cl2N4O. The molecule has 0 aliphatic heterocycles. The molecule has 3 aromatic rings. The van der Waals surface area contributed by atoms with Crippen molar-refractivity contribution in [2.75, 3.05) is 23.7 Å². The van der Waals surface area contributed by atoms with Crippen molar-refractivity contribution < 1.29 is 4.79 Å². The SMILES string of the molecule is NCCNc1ccnc2c(NC(=O)c3c(Cl)cccc3Cl)cccc12. The molecule has 5 nitrogen and oxygen atoms in total. The number of nitrogens with zero attached hydrogens (tertiary/aromatic N) is 1. The number of anilines is 2. The highest BCUT2D eigenvalue weighted by atomic mass is 35.5. The average Bonchev–Trinajstić information content (AvgIpc) is 2.60. The molecule has 7 heteroatoms. The van der Waals surface area contributed by atoms with Gasteiger partial charge < -0.3 is 16.4 Å². The van der Waals surface area contributed by atoms with E-state index >= 15 is 0 Å². The summed E-state index contributed by atoms with van der Waals surface area (Å²) >= 11 is 12.2. The molecule has 4 N–H and O–H groups in total. The number of amides is 1. The van der Waals surface area contributed by atoms with Gasteiger partial charge in [0.2, 0.25) is 0 Å². The summed E-state index contributed by atoms with van der Waals surface area (Å²) in [5, 5.41) is 7.57. The fraction of sp³-hybridized carbons (Fsp3) is 0.111. The summed E-state index contributed by atoms with van der Waals surface area (Å²) in [7, 11) is 0. The van der Waals surface area contributed by atoms with Crippen LogP contribution < -0.4 is 16.4 Å². The van der Waals surface area contributed by atoms with Gasteiger partial charge in [0, 0.05) is 30.4 Å². The van der Waals surface area contributed by atoms with Gasteiger partial charge in [-0.15, -0.1) is 0 Å². The second kappa shape index (κ2) is 7.70. The molecule has 0 aliphatic rings. The van der Waals surface area contributed by atoms with Crippen LogP contribution in [0.15, 0.2) is 48.7 Å². The van der Waals surface area contributed by atoms with Crippen LogP contribution in [0.2, 0.25) is 10.0 Å². The molecule has 128 valence electrons. The average molecular weight is 375 g/mol. The summed E-state index contributed by atoms with van der Waals surface area (Å²) in [5.74, 6) is -0.384. The third-order valence-electron chi connectivity index (χ3n) is 3.67. The minimum atomic E-state index is -0.384. The van der Waals surface area contributed by atoms with E-state index in [0.29, 0.717) is 34.3 Å². The number of benzene rings is 2. The summed E-state index contributed by atoms with van der Waals surface area (Å²) < 4.78 is 0. The number of fused-ring (bicyclic) bond motifs is 1. The summed E-state index contributed by atoms with van der Waals surface area (Å²) in [5.41, 5.74) is 7.94. The molecule has 0 saturated heterocycles. The first kappa shape index (κ1) is 17.5. The lowest BCUT2D eigenvalue weighted by Gasteiger charge is -2.13. The number of hydrogen-bond donors (Lipinski definition) is 3. The molecule has 1 amide bonds. The van der Waals surface area contributed by atoms with Crippen molar-refractivity contribution in [1.82, 2.24) is 4.98 Å². The van der Waals surface area contributed by atoms with Crippen LogP contribution in [-0.2, 0) is 0 Å². The minimum absolute atomic E-state index is 0.236. The summed E-state index contributed by atoms with van der Waals surface area (Å²) in [6.45, 7) is 1.16. The Morgan fingerprint density at radius 1 is 1.04 bits per heavy atom. The fourth-order valence-electron chi connectivity index (χ4n) is 2.54. The number of aromatic nitrogens is 1. The predicted molar refractivity (Wildman–Crippen MR) is 104 cm³/mol. The van der Waals surface area contributed by atoms with Gasteiger partial charge in [0.05, 0.1) is 26.8 Å². The Hall–Kier alpha value is -2.34.